The van der Waals surface area contributed by atoms with E-state index in [9.17, 15) is 9.59 Å². The van der Waals surface area contributed by atoms with Crippen molar-refractivity contribution in [2.24, 2.45) is 5.92 Å². The normalized spacial score (nSPS) is 14.3. The number of hydrogen-bond donors (Lipinski definition) is 0. The predicted molar refractivity (Wildman–Crippen MR) is 127 cm³/mol. The van der Waals surface area contributed by atoms with Gasteiger partial charge in [-0.05, 0) is 62.0 Å². The fourth-order valence-corrected chi connectivity index (χ4v) is 5.43. The van der Waals surface area contributed by atoms with Crippen LogP contribution in [0.4, 0.5) is 0 Å². The van der Waals surface area contributed by atoms with E-state index < -0.39 is 0 Å². The zero-order chi connectivity index (χ0) is 21.6. The highest BCUT2D eigenvalue weighted by atomic mass is 79.9. The molecule has 0 saturated heterocycles. The Kier molecular flexibility index (Phi) is 3.96. The Morgan fingerprint density at radius 1 is 0.742 bits per heavy atom. The largest absolute Gasteiger partial charge is 0.274 e. The third kappa shape index (κ3) is 2.47. The molecular formula is C24H15Br2N3O2. The number of rotatable bonds is 2. The number of imide groups is 1. The SMILES string of the molecule is CC(C)CN1C(=O)c2ccc3c4c(ccc(c24)C1=O)-c1nc2c(Br)ccc(Br)c2nc1-3. The summed E-state index contributed by atoms with van der Waals surface area (Å²) in [5.74, 6) is -0.272. The summed E-state index contributed by atoms with van der Waals surface area (Å²) in [7, 11) is 0. The van der Waals surface area contributed by atoms with Crippen molar-refractivity contribution < 1.29 is 9.59 Å². The van der Waals surface area contributed by atoms with Crippen molar-refractivity contribution in [3.63, 3.8) is 0 Å². The van der Waals surface area contributed by atoms with E-state index in [1.807, 2.05) is 50.2 Å². The number of benzene rings is 3. The summed E-state index contributed by atoms with van der Waals surface area (Å²) >= 11 is 7.16. The van der Waals surface area contributed by atoms with Crippen LogP contribution < -0.4 is 0 Å². The van der Waals surface area contributed by atoms with E-state index in [0.717, 1.165) is 47.9 Å². The molecule has 1 aliphatic heterocycles. The third-order valence-corrected chi connectivity index (χ3v) is 7.17. The van der Waals surface area contributed by atoms with Crippen molar-refractivity contribution in [1.82, 2.24) is 14.9 Å². The minimum absolute atomic E-state index is 0.196. The second-order valence-corrected chi connectivity index (χ2v) is 10.0. The highest BCUT2D eigenvalue weighted by molar-refractivity contribution is 9.11. The number of halogens is 2. The molecule has 0 unspecified atom stereocenters. The number of nitrogens with zero attached hydrogens (tertiary/aromatic N) is 3. The van der Waals surface area contributed by atoms with E-state index in [0.29, 0.717) is 23.1 Å². The van der Waals surface area contributed by atoms with Crippen LogP contribution in [0.15, 0.2) is 45.3 Å². The van der Waals surface area contributed by atoms with Gasteiger partial charge in [-0.25, -0.2) is 9.97 Å². The Bertz CT molecular complexity index is 1410. The lowest BCUT2D eigenvalue weighted by Crippen LogP contribution is -2.42. The fourth-order valence-electron chi connectivity index (χ4n) is 4.61. The molecule has 31 heavy (non-hydrogen) atoms. The molecule has 0 spiro atoms. The Morgan fingerprint density at radius 2 is 1.16 bits per heavy atom. The lowest BCUT2D eigenvalue weighted by molar-refractivity contribution is 0.0592. The quantitative estimate of drug-likeness (QED) is 0.252. The van der Waals surface area contributed by atoms with Gasteiger partial charge in [0.2, 0.25) is 0 Å². The molecule has 1 aliphatic carbocycles. The molecule has 0 bridgehead atoms. The topological polar surface area (TPSA) is 63.2 Å². The van der Waals surface area contributed by atoms with E-state index >= 15 is 0 Å². The standard InChI is InChI=1S/C24H15Br2N3O2/c1-10(2)9-29-23(30)13-5-3-11-17-12(4-6-14(18(13)17)24(29)31)20-19(11)27-21-15(25)7-8-16(26)22(21)28-20/h3-8,10H,9H2,1-2H3. The second-order valence-electron chi connectivity index (χ2n) is 8.33. The molecular weight excluding hydrogens is 522 g/mol. The van der Waals surface area contributed by atoms with Crippen LogP contribution in [0.5, 0.6) is 0 Å². The smallest absolute Gasteiger partial charge is 0.261 e. The molecule has 2 amide bonds. The average Bonchev–Trinajstić information content (AvgIpc) is 3.07. The average molecular weight is 537 g/mol. The van der Waals surface area contributed by atoms with E-state index in [1.54, 1.807) is 0 Å². The highest BCUT2D eigenvalue weighted by Gasteiger charge is 2.37. The zero-order valence-electron chi connectivity index (χ0n) is 16.7. The van der Waals surface area contributed by atoms with Gasteiger partial charge < -0.3 is 0 Å². The number of hydrogen-bond acceptors (Lipinski definition) is 4. The van der Waals surface area contributed by atoms with Crippen LogP contribution >= 0.6 is 31.9 Å². The summed E-state index contributed by atoms with van der Waals surface area (Å²) in [4.78, 5) is 37.6. The third-order valence-electron chi connectivity index (χ3n) is 5.89. The fraction of sp³-hybridized carbons (Fsp3) is 0.167. The highest BCUT2D eigenvalue weighted by Crippen LogP contribution is 2.49. The van der Waals surface area contributed by atoms with Gasteiger partial charge in [0.15, 0.2) is 0 Å². The molecule has 7 heteroatoms. The summed E-state index contributed by atoms with van der Waals surface area (Å²) in [6.45, 7) is 4.40. The maximum Gasteiger partial charge on any atom is 0.261 e. The Balaban J connectivity index is 1.68. The van der Waals surface area contributed by atoms with E-state index in [2.05, 4.69) is 31.9 Å². The maximum atomic E-state index is 13.2. The minimum Gasteiger partial charge on any atom is -0.274 e. The van der Waals surface area contributed by atoms with Gasteiger partial charge in [0.05, 0.1) is 11.4 Å². The molecule has 2 heterocycles. The first-order chi connectivity index (χ1) is 14.9. The molecule has 0 N–H and O–H groups in total. The van der Waals surface area contributed by atoms with Crippen LogP contribution in [0.25, 0.3) is 44.3 Å². The van der Waals surface area contributed by atoms with Crippen LogP contribution in [0.2, 0.25) is 0 Å². The van der Waals surface area contributed by atoms with Crippen LogP contribution in [0, 0.1) is 5.92 Å². The summed E-state index contributed by atoms with van der Waals surface area (Å²) in [6, 6.07) is 11.4. The van der Waals surface area contributed by atoms with Crippen molar-refractivity contribution in [2.45, 2.75) is 13.8 Å². The summed E-state index contributed by atoms with van der Waals surface area (Å²) in [6.07, 6.45) is 0. The monoisotopic (exact) mass is 535 g/mol. The van der Waals surface area contributed by atoms with Crippen LogP contribution in [-0.4, -0.2) is 33.2 Å². The summed E-state index contributed by atoms with van der Waals surface area (Å²) < 4.78 is 1.72. The number of amides is 2. The van der Waals surface area contributed by atoms with Gasteiger partial charge in [-0.15, -0.1) is 0 Å². The first-order valence-electron chi connectivity index (χ1n) is 9.99. The van der Waals surface area contributed by atoms with Crippen molar-refractivity contribution in [2.75, 3.05) is 6.54 Å². The van der Waals surface area contributed by atoms with Crippen molar-refractivity contribution in [1.29, 1.82) is 0 Å². The van der Waals surface area contributed by atoms with E-state index in [4.69, 9.17) is 9.97 Å². The predicted octanol–water partition coefficient (Wildman–Crippen LogP) is 6.21. The number of fused-ring (bicyclic) bond motifs is 4. The first kappa shape index (κ1) is 19.1. The zero-order valence-corrected chi connectivity index (χ0v) is 19.8. The van der Waals surface area contributed by atoms with E-state index in [-0.39, 0.29) is 17.7 Å². The molecule has 3 aromatic carbocycles. The Hall–Kier alpha value is -2.64. The molecule has 2 aliphatic rings. The molecule has 6 rings (SSSR count). The first-order valence-corrected chi connectivity index (χ1v) is 11.6. The van der Waals surface area contributed by atoms with Gasteiger partial charge in [0, 0.05) is 48.5 Å². The maximum absolute atomic E-state index is 13.2. The lowest BCUT2D eigenvalue weighted by Gasteiger charge is -2.28. The number of aromatic nitrogens is 2. The van der Waals surface area contributed by atoms with Gasteiger partial charge in [0.25, 0.3) is 11.8 Å². The molecule has 4 aromatic rings. The van der Waals surface area contributed by atoms with Gasteiger partial charge in [-0.1, -0.05) is 26.0 Å². The Morgan fingerprint density at radius 3 is 1.61 bits per heavy atom. The molecule has 0 fully saturated rings. The molecule has 0 atom stereocenters. The molecule has 0 radical (unpaired) electrons. The van der Waals surface area contributed by atoms with Crippen molar-refractivity contribution in [3.05, 3.63) is 56.5 Å². The van der Waals surface area contributed by atoms with Crippen LogP contribution in [-0.2, 0) is 0 Å². The van der Waals surface area contributed by atoms with Gasteiger partial charge >= 0.3 is 0 Å². The van der Waals surface area contributed by atoms with Gasteiger partial charge in [-0.2, -0.15) is 0 Å². The van der Waals surface area contributed by atoms with Crippen molar-refractivity contribution in [3.8, 4) is 22.5 Å². The van der Waals surface area contributed by atoms with Crippen LogP contribution in [0.1, 0.15) is 34.6 Å². The summed E-state index contributed by atoms with van der Waals surface area (Å²) in [5, 5.41) is 1.60. The lowest BCUT2D eigenvalue weighted by atomic mass is 9.90. The number of carbonyl (C=O) groups is 2. The summed E-state index contributed by atoms with van der Waals surface area (Å²) in [5.41, 5.74) is 6.02. The van der Waals surface area contributed by atoms with Gasteiger partial charge in [0.1, 0.15) is 11.0 Å². The van der Waals surface area contributed by atoms with Crippen LogP contribution in [0.3, 0.4) is 0 Å². The Labute approximate surface area is 194 Å². The van der Waals surface area contributed by atoms with E-state index in [1.165, 1.54) is 4.90 Å². The van der Waals surface area contributed by atoms with Crippen molar-refractivity contribution >= 4 is 65.5 Å². The molecule has 1 aromatic heterocycles. The van der Waals surface area contributed by atoms with Gasteiger partial charge in [-0.3, -0.25) is 14.5 Å². The second kappa shape index (κ2) is 6.43. The molecule has 0 saturated carbocycles. The number of carbonyl (C=O) groups excluding carboxylic acids is 2. The molecule has 5 nitrogen and oxygen atoms in total. The molecule has 152 valence electrons. The minimum atomic E-state index is -0.234.